The molecule has 0 aliphatic carbocycles. The van der Waals surface area contributed by atoms with E-state index in [1.165, 1.54) is 24.0 Å². The summed E-state index contributed by atoms with van der Waals surface area (Å²) in [7, 11) is 5.70. The Labute approximate surface area is 188 Å². The van der Waals surface area contributed by atoms with Crippen molar-refractivity contribution in [1.82, 2.24) is 29.5 Å². The summed E-state index contributed by atoms with van der Waals surface area (Å²) in [4.78, 5) is 23.7. The minimum Gasteiger partial charge on any atom is -0.495 e. The summed E-state index contributed by atoms with van der Waals surface area (Å²) in [5.41, 5.74) is 4.34. The van der Waals surface area contributed by atoms with Gasteiger partial charge in [-0.2, -0.15) is 10.1 Å². The van der Waals surface area contributed by atoms with Gasteiger partial charge in [-0.15, -0.1) is 0 Å². The Bertz CT molecular complexity index is 1110. The maximum Gasteiger partial charge on any atom is 0.229 e. The number of nitrogens with zero attached hydrogens (tertiary/aromatic N) is 6. The Morgan fingerprint density at radius 1 is 1.09 bits per heavy atom. The van der Waals surface area contributed by atoms with Gasteiger partial charge in [0.1, 0.15) is 5.75 Å². The van der Waals surface area contributed by atoms with Gasteiger partial charge in [-0.25, -0.2) is 4.98 Å². The van der Waals surface area contributed by atoms with Crippen LogP contribution in [0, 0.1) is 0 Å². The molecule has 5 rings (SSSR count). The fraction of sp³-hybridized carbons (Fsp3) is 0.478. The number of amides is 1. The van der Waals surface area contributed by atoms with E-state index in [4.69, 9.17) is 4.74 Å². The normalized spacial score (nSPS) is 15.8. The highest BCUT2D eigenvalue weighted by Gasteiger charge is 2.17. The molecule has 9 heteroatoms. The molecule has 0 unspecified atom stereocenters. The first-order chi connectivity index (χ1) is 15.4. The summed E-state index contributed by atoms with van der Waals surface area (Å²) in [6, 6.07) is 4.26. The molecule has 0 atom stereocenters. The average molecular weight is 438 g/mol. The number of fused-ring (bicyclic) bond motifs is 2. The molecule has 0 spiro atoms. The van der Waals surface area contributed by atoms with Gasteiger partial charge in [-0.3, -0.25) is 9.48 Å². The molecule has 9 nitrogen and oxygen atoms in total. The predicted octanol–water partition coefficient (Wildman–Crippen LogP) is 2.73. The van der Waals surface area contributed by atoms with Crippen molar-refractivity contribution in [2.24, 2.45) is 7.05 Å². The van der Waals surface area contributed by atoms with E-state index in [0.717, 1.165) is 55.1 Å². The summed E-state index contributed by atoms with van der Waals surface area (Å²) in [6.07, 6.45) is 6.96. The number of likely N-dealkylation sites (tertiary alicyclic amines) is 1. The number of carbonyl (C=O) groups excluding carboxylic acids is 1. The quantitative estimate of drug-likeness (QED) is 0.674. The van der Waals surface area contributed by atoms with Gasteiger partial charge in [0.05, 0.1) is 24.4 Å². The van der Waals surface area contributed by atoms with E-state index in [2.05, 4.69) is 44.5 Å². The van der Waals surface area contributed by atoms with Crippen LogP contribution in [-0.4, -0.2) is 69.2 Å². The van der Waals surface area contributed by atoms with E-state index in [0.29, 0.717) is 5.95 Å². The van der Waals surface area contributed by atoms with Gasteiger partial charge in [0, 0.05) is 46.3 Å². The minimum absolute atomic E-state index is 0.225. The molecule has 1 aromatic carbocycles. The van der Waals surface area contributed by atoms with Crippen LogP contribution in [-0.2, 0) is 24.8 Å². The Balaban J connectivity index is 0.000000260. The summed E-state index contributed by atoms with van der Waals surface area (Å²) < 4.78 is 7.29. The van der Waals surface area contributed by atoms with E-state index >= 15 is 0 Å². The first-order valence-corrected chi connectivity index (χ1v) is 11.0. The second-order valence-corrected chi connectivity index (χ2v) is 8.39. The fourth-order valence-corrected chi connectivity index (χ4v) is 4.14. The van der Waals surface area contributed by atoms with Gasteiger partial charge >= 0.3 is 0 Å². The number of nitrogens with one attached hydrogen (secondary N) is 1. The van der Waals surface area contributed by atoms with Gasteiger partial charge in [-0.1, -0.05) is 0 Å². The number of likely N-dealkylation sites (N-methyl/N-ethyl adjacent to an activating group) is 1. The standard InChI is InChI=1S/C17H20N6O.C6H11NO/c1-22-5-4-11-7-15(24-3)14(6-12(11)10-22)20-17-18-8-13-9-19-23(2)16(13)21-17;1-6(8)7-4-2-3-5-7/h6-9H,4-5,10H2,1-3H3,(H,18,20,21);2-5H2,1H3. The lowest BCUT2D eigenvalue weighted by atomic mass is 9.99. The summed E-state index contributed by atoms with van der Waals surface area (Å²) in [6.45, 7) is 5.61. The number of methoxy groups -OCH3 is 1. The molecular formula is C23H31N7O2. The van der Waals surface area contributed by atoms with Crippen LogP contribution in [0.25, 0.3) is 11.0 Å². The molecule has 170 valence electrons. The smallest absolute Gasteiger partial charge is 0.229 e. The van der Waals surface area contributed by atoms with Crippen LogP contribution in [0.2, 0.25) is 0 Å². The number of hydrogen-bond acceptors (Lipinski definition) is 7. The first-order valence-electron chi connectivity index (χ1n) is 11.0. The highest BCUT2D eigenvalue weighted by atomic mass is 16.5. The molecule has 4 heterocycles. The molecule has 2 aliphatic heterocycles. The molecule has 1 N–H and O–H groups in total. The van der Waals surface area contributed by atoms with Crippen LogP contribution in [0.3, 0.4) is 0 Å². The Hall–Kier alpha value is -3.20. The van der Waals surface area contributed by atoms with Crippen molar-refractivity contribution in [2.45, 2.75) is 32.7 Å². The van der Waals surface area contributed by atoms with E-state index in [1.54, 1.807) is 31.1 Å². The van der Waals surface area contributed by atoms with E-state index in [9.17, 15) is 4.79 Å². The van der Waals surface area contributed by atoms with Crippen LogP contribution < -0.4 is 10.1 Å². The van der Waals surface area contributed by atoms with E-state index < -0.39 is 0 Å². The maximum atomic E-state index is 10.6. The van der Waals surface area contributed by atoms with Crippen LogP contribution in [0.5, 0.6) is 5.75 Å². The number of aryl methyl sites for hydroxylation is 1. The molecule has 0 saturated carbocycles. The summed E-state index contributed by atoms with van der Waals surface area (Å²) >= 11 is 0. The number of anilines is 2. The minimum atomic E-state index is 0.225. The SMILES string of the molecule is CC(=O)N1CCCC1.COc1cc2c(cc1Nc1ncc3cnn(C)c3n1)CN(C)CC2. The predicted molar refractivity (Wildman–Crippen MR) is 124 cm³/mol. The molecule has 1 amide bonds. The molecule has 0 radical (unpaired) electrons. The molecule has 2 aliphatic rings. The van der Waals surface area contributed by atoms with Crippen molar-refractivity contribution in [3.8, 4) is 5.75 Å². The van der Waals surface area contributed by atoms with E-state index in [-0.39, 0.29) is 5.91 Å². The number of aromatic nitrogens is 4. The highest BCUT2D eigenvalue weighted by Crippen LogP contribution is 2.33. The number of hydrogen-bond donors (Lipinski definition) is 1. The van der Waals surface area contributed by atoms with Crippen LogP contribution >= 0.6 is 0 Å². The van der Waals surface area contributed by atoms with Crippen molar-refractivity contribution in [2.75, 3.05) is 39.1 Å². The highest BCUT2D eigenvalue weighted by molar-refractivity contribution is 5.76. The molecule has 0 bridgehead atoms. The number of ether oxygens (including phenoxy) is 1. The molecular weight excluding hydrogens is 406 g/mol. The Kier molecular flexibility index (Phi) is 6.55. The zero-order valence-electron chi connectivity index (χ0n) is 19.3. The lowest BCUT2D eigenvalue weighted by molar-refractivity contribution is -0.127. The van der Waals surface area contributed by atoms with Crippen molar-refractivity contribution >= 4 is 28.6 Å². The lowest BCUT2D eigenvalue weighted by Gasteiger charge is -2.26. The Morgan fingerprint density at radius 2 is 1.88 bits per heavy atom. The monoisotopic (exact) mass is 437 g/mol. The molecule has 2 aromatic heterocycles. The lowest BCUT2D eigenvalue weighted by Crippen LogP contribution is -2.26. The van der Waals surface area contributed by atoms with Crippen molar-refractivity contribution in [1.29, 1.82) is 0 Å². The molecule has 1 fully saturated rings. The third-order valence-corrected chi connectivity index (χ3v) is 6.00. The van der Waals surface area contributed by atoms with Crippen LogP contribution in [0.1, 0.15) is 30.9 Å². The van der Waals surface area contributed by atoms with Crippen LogP contribution in [0.15, 0.2) is 24.5 Å². The van der Waals surface area contributed by atoms with Crippen LogP contribution in [0.4, 0.5) is 11.6 Å². The van der Waals surface area contributed by atoms with Crippen molar-refractivity contribution in [3.05, 3.63) is 35.7 Å². The fourth-order valence-electron chi connectivity index (χ4n) is 4.14. The average Bonchev–Trinajstić information content (AvgIpc) is 3.44. The molecule has 32 heavy (non-hydrogen) atoms. The zero-order chi connectivity index (χ0) is 22.7. The largest absolute Gasteiger partial charge is 0.495 e. The van der Waals surface area contributed by atoms with E-state index in [1.807, 2.05) is 11.9 Å². The number of benzene rings is 1. The second-order valence-electron chi connectivity index (χ2n) is 8.39. The molecule has 3 aromatic rings. The van der Waals surface area contributed by atoms with Gasteiger partial charge in [0.25, 0.3) is 0 Å². The Morgan fingerprint density at radius 3 is 2.56 bits per heavy atom. The molecule has 1 saturated heterocycles. The van der Waals surface area contributed by atoms with Gasteiger partial charge in [-0.05, 0) is 49.6 Å². The summed E-state index contributed by atoms with van der Waals surface area (Å²) in [5, 5.41) is 8.41. The van der Waals surface area contributed by atoms with Gasteiger partial charge < -0.3 is 19.9 Å². The number of rotatable bonds is 3. The van der Waals surface area contributed by atoms with Gasteiger partial charge in [0.15, 0.2) is 5.65 Å². The van der Waals surface area contributed by atoms with Gasteiger partial charge in [0.2, 0.25) is 11.9 Å². The van der Waals surface area contributed by atoms with Crippen molar-refractivity contribution in [3.63, 3.8) is 0 Å². The third kappa shape index (κ3) is 4.83. The van der Waals surface area contributed by atoms with Crippen molar-refractivity contribution < 1.29 is 9.53 Å². The first kappa shape index (κ1) is 22.0. The zero-order valence-corrected chi connectivity index (χ0v) is 19.3. The second kappa shape index (κ2) is 9.52. The third-order valence-electron chi connectivity index (χ3n) is 6.00. The summed E-state index contributed by atoms with van der Waals surface area (Å²) in [5.74, 6) is 1.57. The maximum absolute atomic E-state index is 10.6. The number of carbonyl (C=O) groups is 1. The topological polar surface area (TPSA) is 88.4 Å².